The lowest BCUT2D eigenvalue weighted by Crippen LogP contribution is -2.11. The first-order valence-corrected chi connectivity index (χ1v) is 8.69. The predicted octanol–water partition coefficient (Wildman–Crippen LogP) is 3.50. The van der Waals surface area contributed by atoms with Gasteiger partial charge in [-0.15, -0.1) is 11.8 Å². The van der Waals surface area contributed by atoms with Crippen LogP contribution in [0, 0.1) is 0 Å². The molecule has 0 bridgehead atoms. The minimum absolute atomic E-state index is 0.0485. The molecule has 2 aromatic rings. The zero-order chi connectivity index (χ0) is 14.8. The molecule has 0 aliphatic rings. The van der Waals surface area contributed by atoms with Gasteiger partial charge in [0.25, 0.3) is 0 Å². The molecule has 0 aliphatic heterocycles. The first-order chi connectivity index (χ1) is 9.40. The Morgan fingerprint density at radius 2 is 1.80 bits per heavy atom. The second-order valence-electron chi connectivity index (χ2n) is 3.91. The van der Waals surface area contributed by atoms with Gasteiger partial charge >= 0.3 is 0 Å². The van der Waals surface area contributed by atoms with E-state index in [1.807, 2.05) is 30.5 Å². The number of sulfonamides is 1. The van der Waals surface area contributed by atoms with Crippen molar-refractivity contribution in [1.29, 1.82) is 0 Å². The summed E-state index contributed by atoms with van der Waals surface area (Å²) in [4.78, 5) is 1.07. The van der Waals surface area contributed by atoms with Gasteiger partial charge in [0, 0.05) is 4.90 Å². The molecular formula is C13H12ClNO3S2. The molecule has 106 valence electrons. The standard InChI is InChI=1S/C13H12ClNO3S2/c1-19-10-4-2-9(3-5-10)18-13-7-6-11(8-12(13)14)20(15,16)17/h2-8H,1H3,(H2,15,16,17). The Kier molecular flexibility index (Phi) is 4.59. The van der Waals surface area contributed by atoms with Gasteiger partial charge in [-0.05, 0) is 48.7 Å². The smallest absolute Gasteiger partial charge is 0.238 e. The van der Waals surface area contributed by atoms with Crippen LogP contribution in [0.5, 0.6) is 11.5 Å². The molecule has 0 heterocycles. The molecule has 2 N–H and O–H groups in total. The van der Waals surface area contributed by atoms with E-state index in [9.17, 15) is 8.42 Å². The second kappa shape index (κ2) is 6.05. The minimum Gasteiger partial charge on any atom is -0.456 e. The summed E-state index contributed by atoms with van der Waals surface area (Å²) >= 11 is 7.62. The maximum Gasteiger partial charge on any atom is 0.238 e. The van der Waals surface area contributed by atoms with Crippen molar-refractivity contribution in [2.24, 2.45) is 5.14 Å². The molecule has 20 heavy (non-hydrogen) atoms. The first kappa shape index (κ1) is 15.2. The third-order valence-electron chi connectivity index (χ3n) is 2.52. The molecule has 0 atom stereocenters. The monoisotopic (exact) mass is 329 g/mol. The number of hydrogen-bond donors (Lipinski definition) is 1. The van der Waals surface area contributed by atoms with Crippen LogP contribution in [-0.4, -0.2) is 14.7 Å². The summed E-state index contributed by atoms with van der Waals surface area (Å²) in [5, 5.41) is 5.22. The van der Waals surface area contributed by atoms with E-state index in [-0.39, 0.29) is 9.92 Å². The SMILES string of the molecule is CSc1ccc(Oc2ccc(S(N)(=O)=O)cc2Cl)cc1. The van der Waals surface area contributed by atoms with E-state index in [2.05, 4.69) is 0 Å². The second-order valence-corrected chi connectivity index (χ2v) is 6.76. The first-order valence-electron chi connectivity index (χ1n) is 5.54. The summed E-state index contributed by atoms with van der Waals surface area (Å²) in [7, 11) is -3.77. The summed E-state index contributed by atoms with van der Waals surface area (Å²) in [6.45, 7) is 0. The highest BCUT2D eigenvalue weighted by Crippen LogP contribution is 2.31. The van der Waals surface area contributed by atoms with E-state index in [0.29, 0.717) is 11.5 Å². The summed E-state index contributed by atoms with van der Waals surface area (Å²) in [5.74, 6) is 0.990. The van der Waals surface area contributed by atoms with Crippen molar-refractivity contribution in [2.45, 2.75) is 9.79 Å². The van der Waals surface area contributed by atoms with E-state index < -0.39 is 10.0 Å². The van der Waals surface area contributed by atoms with Crippen molar-refractivity contribution in [1.82, 2.24) is 0 Å². The maximum atomic E-state index is 11.2. The number of halogens is 1. The number of primary sulfonamides is 1. The topological polar surface area (TPSA) is 69.4 Å². The van der Waals surface area contributed by atoms with E-state index in [1.54, 1.807) is 11.8 Å². The van der Waals surface area contributed by atoms with Crippen LogP contribution in [0.15, 0.2) is 52.3 Å². The predicted molar refractivity (Wildman–Crippen MR) is 81.1 cm³/mol. The van der Waals surface area contributed by atoms with Gasteiger partial charge in [-0.25, -0.2) is 13.6 Å². The fourth-order valence-electron chi connectivity index (χ4n) is 1.51. The van der Waals surface area contributed by atoms with Crippen molar-refractivity contribution in [2.75, 3.05) is 6.26 Å². The number of hydrogen-bond acceptors (Lipinski definition) is 4. The Hall–Kier alpha value is -1.21. The van der Waals surface area contributed by atoms with E-state index in [4.69, 9.17) is 21.5 Å². The molecule has 0 radical (unpaired) electrons. The Balaban J connectivity index is 2.25. The number of benzene rings is 2. The molecule has 0 saturated carbocycles. The molecule has 2 aromatic carbocycles. The van der Waals surface area contributed by atoms with Crippen LogP contribution in [-0.2, 0) is 10.0 Å². The zero-order valence-corrected chi connectivity index (χ0v) is 12.9. The van der Waals surface area contributed by atoms with Crippen molar-refractivity contribution in [3.8, 4) is 11.5 Å². The summed E-state index contributed by atoms with van der Waals surface area (Å²) in [6, 6.07) is 11.6. The number of nitrogens with two attached hydrogens (primary N) is 1. The Bertz CT molecular complexity index is 715. The highest BCUT2D eigenvalue weighted by molar-refractivity contribution is 7.98. The quantitative estimate of drug-likeness (QED) is 0.871. The van der Waals surface area contributed by atoms with Gasteiger partial charge in [0.05, 0.1) is 9.92 Å². The van der Waals surface area contributed by atoms with Gasteiger partial charge in [0.1, 0.15) is 11.5 Å². The molecular weight excluding hydrogens is 318 g/mol. The third kappa shape index (κ3) is 3.67. The van der Waals surface area contributed by atoms with Crippen LogP contribution in [0.25, 0.3) is 0 Å². The Morgan fingerprint density at radius 3 is 2.30 bits per heavy atom. The van der Waals surface area contributed by atoms with Crippen LogP contribution in [0.3, 0.4) is 0 Å². The fourth-order valence-corrected chi connectivity index (χ4v) is 2.74. The molecule has 2 rings (SSSR count). The molecule has 0 aliphatic carbocycles. The zero-order valence-electron chi connectivity index (χ0n) is 10.5. The molecule has 0 aromatic heterocycles. The lowest BCUT2D eigenvalue weighted by atomic mass is 10.3. The molecule has 0 fully saturated rings. The van der Waals surface area contributed by atoms with Gasteiger partial charge in [0.15, 0.2) is 0 Å². The van der Waals surface area contributed by atoms with Crippen LogP contribution in [0.1, 0.15) is 0 Å². The van der Waals surface area contributed by atoms with Crippen molar-refractivity contribution in [3.05, 3.63) is 47.5 Å². The van der Waals surface area contributed by atoms with Crippen molar-refractivity contribution >= 4 is 33.4 Å². The molecule has 0 saturated heterocycles. The van der Waals surface area contributed by atoms with Crippen molar-refractivity contribution < 1.29 is 13.2 Å². The normalized spacial score (nSPS) is 11.3. The van der Waals surface area contributed by atoms with Crippen LogP contribution in [0.2, 0.25) is 5.02 Å². The van der Waals surface area contributed by atoms with Gasteiger partial charge in [-0.1, -0.05) is 11.6 Å². The summed E-state index contributed by atoms with van der Waals surface area (Å²) < 4.78 is 28.0. The summed E-state index contributed by atoms with van der Waals surface area (Å²) in [6.07, 6.45) is 1.98. The lowest BCUT2D eigenvalue weighted by Gasteiger charge is -2.09. The molecule has 0 unspecified atom stereocenters. The van der Waals surface area contributed by atoms with Crippen molar-refractivity contribution in [3.63, 3.8) is 0 Å². The average molecular weight is 330 g/mol. The number of rotatable bonds is 4. The van der Waals surface area contributed by atoms with Gasteiger partial charge in [-0.2, -0.15) is 0 Å². The fraction of sp³-hybridized carbons (Fsp3) is 0.0769. The lowest BCUT2D eigenvalue weighted by molar-refractivity contribution is 0.482. The number of thioether (sulfide) groups is 1. The molecule has 7 heteroatoms. The van der Waals surface area contributed by atoms with Gasteiger partial charge < -0.3 is 4.74 Å². The van der Waals surface area contributed by atoms with Crippen LogP contribution >= 0.6 is 23.4 Å². The molecule has 4 nitrogen and oxygen atoms in total. The van der Waals surface area contributed by atoms with Crippen LogP contribution < -0.4 is 9.88 Å². The highest BCUT2D eigenvalue weighted by atomic mass is 35.5. The highest BCUT2D eigenvalue weighted by Gasteiger charge is 2.11. The maximum absolute atomic E-state index is 11.2. The molecule has 0 spiro atoms. The average Bonchev–Trinajstić information content (AvgIpc) is 2.41. The Labute approximate surface area is 126 Å². The van der Waals surface area contributed by atoms with Crippen LogP contribution in [0.4, 0.5) is 0 Å². The molecule has 0 amide bonds. The summed E-state index contributed by atoms with van der Waals surface area (Å²) in [5.41, 5.74) is 0. The Morgan fingerprint density at radius 1 is 1.15 bits per heavy atom. The van der Waals surface area contributed by atoms with E-state index in [0.717, 1.165) is 4.90 Å². The largest absolute Gasteiger partial charge is 0.456 e. The van der Waals surface area contributed by atoms with E-state index >= 15 is 0 Å². The third-order valence-corrected chi connectivity index (χ3v) is 4.47. The van der Waals surface area contributed by atoms with Gasteiger partial charge in [-0.3, -0.25) is 0 Å². The number of ether oxygens (including phenoxy) is 1. The van der Waals surface area contributed by atoms with Gasteiger partial charge in [0.2, 0.25) is 10.0 Å². The minimum atomic E-state index is -3.77. The van der Waals surface area contributed by atoms with E-state index in [1.165, 1.54) is 18.2 Å².